The average molecular weight is 344 g/mol. The number of hydrogen-bond acceptors (Lipinski definition) is 4. The Morgan fingerprint density at radius 2 is 1.71 bits per heavy atom. The number of benzene rings is 1. The van der Waals surface area contributed by atoms with Crippen molar-refractivity contribution in [3.05, 3.63) is 29.8 Å². The molecule has 0 fully saturated rings. The fourth-order valence-electron chi connectivity index (χ4n) is 1.99. The molecule has 0 amide bonds. The van der Waals surface area contributed by atoms with Gasteiger partial charge in [-0.2, -0.15) is 0 Å². The van der Waals surface area contributed by atoms with Crippen molar-refractivity contribution in [2.24, 2.45) is 0 Å². The SMILES string of the molecule is CCC(CC(C)P(=O)(O)O)c1ccc(S(=O)(=O)[O-])cc1.[Na+]. The van der Waals surface area contributed by atoms with E-state index in [1.54, 1.807) is 0 Å². The van der Waals surface area contributed by atoms with E-state index in [0.29, 0.717) is 12.8 Å². The Morgan fingerprint density at radius 1 is 1.24 bits per heavy atom. The Hall–Kier alpha value is 0.280. The fourth-order valence-corrected chi connectivity index (χ4v) is 2.99. The van der Waals surface area contributed by atoms with Crippen molar-refractivity contribution in [1.82, 2.24) is 0 Å². The molecular formula is C12H18NaO6PS. The van der Waals surface area contributed by atoms with Crippen LogP contribution in [0.5, 0.6) is 0 Å². The molecule has 0 heterocycles. The van der Waals surface area contributed by atoms with E-state index < -0.39 is 23.4 Å². The zero-order chi connectivity index (χ0) is 15.6. The fraction of sp³-hybridized carbons (Fsp3) is 0.500. The molecule has 114 valence electrons. The summed E-state index contributed by atoms with van der Waals surface area (Å²) in [5, 5.41) is 0. The predicted molar refractivity (Wildman–Crippen MR) is 73.6 cm³/mol. The molecule has 0 spiro atoms. The van der Waals surface area contributed by atoms with Gasteiger partial charge in [0.05, 0.1) is 10.6 Å². The summed E-state index contributed by atoms with van der Waals surface area (Å²) in [4.78, 5) is 17.9. The van der Waals surface area contributed by atoms with Crippen molar-refractivity contribution >= 4 is 17.7 Å². The Kier molecular flexibility index (Phi) is 8.33. The van der Waals surface area contributed by atoms with Gasteiger partial charge in [0, 0.05) is 0 Å². The maximum absolute atomic E-state index is 11.2. The molecule has 0 aliphatic rings. The van der Waals surface area contributed by atoms with Gasteiger partial charge < -0.3 is 14.3 Å². The molecule has 9 heteroatoms. The van der Waals surface area contributed by atoms with Gasteiger partial charge in [0.2, 0.25) is 0 Å². The summed E-state index contributed by atoms with van der Waals surface area (Å²) in [5.74, 6) is -0.0963. The van der Waals surface area contributed by atoms with Crippen molar-refractivity contribution in [2.45, 2.75) is 43.2 Å². The maximum atomic E-state index is 11.2. The maximum Gasteiger partial charge on any atom is 1.00 e. The number of rotatable bonds is 6. The van der Waals surface area contributed by atoms with Gasteiger partial charge >= 0.3 is 37.2 Å². The molecule has 2 atom stereocenters. The van der Waals surface area contributed by atoms with Crippen molar-refractivity contribution in [3.63, 3.8) is 0 Å². The monoisotopic (exact) mass is 344 g/mol. The molecule has 0 bridgehead atoms. The van der Waals surface area contributed by atoms with Crippen LogP contribution in [0.15, 0.2) is 29.2 Å². The normalized spacial score (nSPS) is 15.1. The van der Waals surface area contributed by atoms with Crippen LogP contribution in [0.4, 0.5) is 0 Å². The summed E-state index contributed by atoms with van der Waals surface area (Å²) in [6, 6.07) is 5.49. The summed E-state index contributed by atoms with van der Waals surface area (Å²) in [5.41, 5.74) is -0.00410. The Balaban J connectivity index is 0.00000400. The van der Waals surface area contributed by atoms with Crippen molar-refractivity contribution in [3.8, 4) is 0 Å². The van der Waals surface area contributed by atoms with Crippen LogP contribution in [0.3, 0.4) is 0 Å². The minimum Gasteiger partial charge on any atom is -0.744 e. The second kappa shape index (κ2) is 8.22. The molecule has 6 nitrogen and oxygen atoms in total. The third-order valence-corrected chi connectivity index (χ3v) is 5.54. The molecule has 1 aromatic rings. The first kappa shape index (κ1) is 21.3. The van der Waals surface area contributed by atoms with E-state index in [1.807, 2.05) is 6.92 Å². The quantitative estimate of drug-likeness (QED) is 0.390. The molecule has 2 N–H and O–H groups in total. The van der Waals surface area contributed by atoms with Gasteiger partial charge in [-0.15, -0.1) is 0 Å². The van der Waals surface area contributed by atoms with Crippen LogP contribution in [0.25, 0.3) is 0 Å². The summed E-state index contributed by atoms with van der Waals surface area (Å²) < 4.78 is 43.7. The van der Waals surface area contributed by atoms with Crippen LogP contribution < -0.4 is 29.6 Å². The van der Waals surface area contributed by atoms with Crippen LogP contribution >= 0.6 is 7.60 Å². The third-order valence-electron chi connectivity index (χ3n) is 3.33. The number of hydrogen-bond donors (Lipinski definition) is 2. The third kappa shape index (κ3) is 6.50. The van der Waals surface area contributed by atoms with Gasteiger partial charge in [-0.1, -0.05) is 26.0 Å². The Bertz CT molecular complexity index is 595. The Morgan fingerprint density at radius 3 is 2.05 bits per heavy atom. The largest absolute Gasteiger partial charge is 1.00 e. The first-order valence-electron chi connectivity index (χ1n) is 6.16. The molecule has 1 aromatic carbocycles. The van der Waals surface area contributed by atoms with E-state index >= 15 is 0 Å². The van der Waals surface area contributed by atoms with Crippen molar-refractivity contribution in [2.75, 3.05) is 0 Å². The molecule has 21 heavy (non-hydrogen) atoms. The smallest absolute Gasteiger partial charge is 0.744 e. The minimum atomic E-state index is -4.47. The van der Waals surface area contributed by atoms with Gasteiger partial charge in [-0.05, 0) is 36.5 Å². The van der Waals surface area contributed by atoms with Gasteiger partial charge in [-0.25, -0.2) is 8.42 Å². The molecule has 0 saturated carbocycles. The summed E-state index contributed by atoms with van der Waals surface area (Å²) in [6.07, 6.45) is 0.956. The molecular weight excluding hydrogens is 326 g/mol. The van der Waals surface area contributed by atoms with E-state index in [0.717, 1.165) is 5.56 Å². The molecule has 0 radical (unpaired) electrons. The zero-order valence-corrected chi connectivity index (χ0v) is 16.0. The topological polar surface area (TPSA) is 115 Å². The molecule has 0 aliphatic heterocycles. The van der Waals surface area contributed by atoms with E-state index in [9.17, 15) is 17.5 Å². The van der Waals surface area contributed by atoms with Crippen LogP contribution in [-0.2, 0) is 14.7 Å². The van der Waals surface area contributed by atoms with Gasteiger partial charge in [0.25, 0.3) is 0 Å². The molecule has 2 unspecified atom stereocenters. The van der Waals surface area contributed by atoms with Gasteiger partial charge in [0.1, 0.15) is 10.1 Å². The second-order valence-electron chi connectivity index (χ2n) is 4.80. The summed E-state index contributed by atoms with van der Waals surface area (Å²) in [7, 11) is -8.60. The Labute approximate surface area is 147 Å². The minimum absolute atomic E-state index is 0. The molecule has 0 saturated heterocycles. The predicted octanol–water partition coefficient (Wildman–Crippen LogP) is -0.955. The zero-order valence-electron chi connectivity index (χ0n) is 12.3. The van der Waals surface area contributed by atoms with Gasteiger partial charge in [0.15, 0.2) is 0 Å². The van der Waals surface area contributed by atoms with Crippen LogP contribution in [-0.4, -0.2) is 28.4 Å². The standard InChI is InChI=1S/C12H19O6PS.Na/c1-3-10(8-9(2)19(13,14)15)11-4-6-12(7-5-11)20(16,17)18;/h4-7,9-10H,3,8H2,1-2H3,(H2,13,14,15)(H,16,17,18);/q;+1/p-1. The first-order valence-corrected chi connectivity index (χ1v) is 9.25. The van der Waals surface area contributed by atoms with Crippen LogP contribution in [0, 0.1) is 0 Å². The van der Waals surface area contributed by atoms with Crippen molar-refractivity contribution in [1.29, 1.82) is 0 Å². The van der Waals surface area contributed by atoms with E-state index in [-0.39, 0.29) is 40.4 Å². The molecule has 1 rings (SSSR count). The van der Waals surface area contributed by atoms with Crippen molar-refractivity contribution < 1.29 is 56.9 Å². The second-order valence-corrected chi connectivity index (χ2v) is 8.24. The average Bonchev–Trinajstić information content (AvgIpc) is 2.33. The van der Waals surface area contributed by atoms with E-state index in [1.165, 1.54) is 31.2 Å². The summed E-state index contributed by atoms with van der Waals surface area (Å²) in [6.45, 7) is 3.37. The summed E-state index contributed by atoms with van der Waals surface area (Å²) >= 11 is 0. The molecule has 0 aromatic heterocycles. The van der Waals surface area contributed by atoms with Crippen LogP contribution in [0.2, 0.25) is 0 Å². The molecule has 0 aliphatic carbocycles. The first-order chi connectivity index (χ1) is 9.05. The van der Waals surface area contributed by atoms with E-state index in [4.69, 9.17) is 9.79 Å². The van der Waals surface area contributed by atoms with E-state index in [2.05, 4.69) is 0 Å². The van der Waals surface area contributed by atoms with Gasteiger partial charge in [-0.3, -0.25) is 4.57 Å². The van der Waals surface area contributed by atoms with Crippen LogP contribution in [0.1, 0.15) is 38.2 Å².